The lowest BCUT2D eigenvalue weighted by molar-refractivity contribution is -0.165. The van der Waals surface area contributed by atoms with Gasteiger partial charge in [0.25, 0.3) is 0 Å². The summed E-state index contributed by atoms with van der Waals surface area (Å²) in [5, 5.41) is 10.2. The van der Waals surface area contributed by atoms with Crippen LogP contribution in [0.25, 0.3) is 0 Å². The second-order valence-corrected chi connectivity index (χ2v) is 5.76. The summed E-state index contributed by atoms with van der Waals surface area (Å²) >= 11 is 0. The summed E-state index contributed by atoms with van der Waals surface area (Å²) in [5.41, 5.74) is -0.499. The van der Waals surface area contributed by atoms with Gasteiger partial charge in [-0.05, 0) is 46.5 Å². The van der Waals surface area contributed by atoms with Crippen molar-refractivity contribution in [3.8, 4) is 0 Å². The highest BCUT2D eigenvalue weighted by Gasteiger charge is 2.33. The van der Waals surface area contributed by atoms with Crippen LogP contribution in [0.1, 0.15) is 40.5 Å². The Bertz CT molecular complexity index is 251. The highest BCUT2D eigenvalue weighted by Crippen LogP contribution is 2.25. The van der Waals surface area contributed by atoms with Crippen molar-refractivity contribution in [2.75, 3.05) is 13.2 Å². The number of rotatable bonds is 3. The quantitative estimate of drug-likeness (QED) is 0.768. The van der Waals surface area contributed by atoms with Gasteiger partial charge in [0.2, 0.25) is 0 Å². The van der Waals surface area contributed by atoms with Crippen molar-refractivity contribution in [3.05, 3.63) is 0 Å². The molecule has 1 fully saturated rings. The van der Waals surface area contributed by atoms with Crippen LogP contribution in [0.2, 0.25) is 0 Å². The fraction of sp³-hybridized carbons (Fsp3) is 0.923. The molecular weight excluding hydrogens is 220 g/mol. The average Bonchev–Trinajstić information content (AvgIpc) is 2.26. The predicted octanol–water partition coefficient (Wildman–Crippen LogP) is 1.75. The van der Waals surface area contributed by atoms with Gasteiger partial charge in [-0.15, -0.1) is 0 Å². The van der Waals surface area contributed by atoms with E-state index in [2.05, 4.69) is 0 Å². The van der Waals surface area contributed by atoms with Crippen molar-refractivity contribution < 1.29 is 19.4 Å². The van der Waals surface area contributed by atoms with E-state index in [1.807, 2.05) is 20.8 Å². The SMILES string of the molecule is CC(C(=O)OC(C)(C)C)C(O)C1CCOCC1. The number of carbonyl (C=O) groups excluding carboxylic acids is 1. The molecule has 1 heterocycles. The summed E-state index contributed by atoms with van der Waals surface area (Å²) in [6.45, 7) is 8.56. The third-order valence-electron chi connectivity index (χ3n) is 3.04. The molecule has 1 aliphatic rings. The Labute approximate surface area is 103 Å². The molecule has 17 heavy (non-hydrogen) atoms. The lowest BCUT2D eigenvalue weighted by atomic mass is 9.86. The Balaban J connectivity index is 2.50. The standard InChI is InChI=1S/C13H24O4/c1-9(12(15)17-13(2,3)4)11(14)10-5-7-16-8-6-10/h9-11,14H,5-8H2,1-4H3. The van der Waals surface area contributed by atoms with Crippen LogP contribution in [0.3, 0.4) is 0 Å². The molecule has 0 aromatic heterocycles. The molecule has 0 saturated carbocycles. The van der Waals surface area contributed by atoms with Crippen molar-refractivity contribution in [3.63, 3.8) is 0 Å². The Morgan fingerprint density at radius 3 is 2.35 bits per heavy atom. The van der Waals surface area contributed by atoms with E-state index < -0.39 is 17.6 Å². The van der Waals surface area contributed by atoms with Gasteiger partial charge in [-0.3, -0.25) is 4.79 Å². The van der Waals surface area contributed by atoms with E-state index in [9.17, 15) is 9.90 Å². The number of aliphatic hydroxyl groups excluding tert-OH is 1. The van der Waals surface area contributed by atoms with Crippen LogP contribution in [-0.4, -0.2) is 36.0 Å². The molecule has 4 heteroatoms. The molecule has 0 aromatic rings. The molecule has 1 saturated heterocycles. The first-order chi connectivity index (χ1) is 7.81. The van der Waals surface area contributed by atoms with Crippen molar-refractivity contribution in [1.82, 2.24) is 0 Å². The summed E-state index contributed by atoms with van der Waals surface area (Å²) < 4.78 is 10.5. The molecule has 2 unspecified atom stereocenters. The Kier molecular flexibility index (Phi) is 4.95. The van der Waals surface area contributed by atoms with E-state index in [0.29, 0.717) is 13.2 Å². The molecule has 0 amide bonds. The number of carbonyl (C=O) groups is 1. The first-order valence-electron chi connectivity index (χ1n) is 6.30. The van der Waals surface area contributed by atoms with Gasteiger partial charge in [0.1, 0.15) is 5.60 Å². The molecule has 1 N–H and O–H groups in total. The summed E-state index contributed by atoms with van der Waals surface area (Å²) in [6, 6.07) is 0. The van der Waals surface area contributed by atoms with E-state index in [1.54, 1.807) is 6.92 Å². The summed E-state index contributed by atoms with van der Waals surface area (Å²) in [5.74, 6) is -0.653. The third-order valence-corrected chi connectivity index (χ3v) is 3.04. The lowest BCUT2D eigenvalue weighted by Gasteiger charge is -2.31. The molecule has 2 atom stereocenters. The number of esters is 1. The van der Waals surface area contributed by atoms with Crippen LogP contribution in [0.4, 0.5) is 0 Å². The number of hydrogen-bond donors (Lipinski definition) is 1. The molecule has 1 aliphatic heterocycles. The van der Waals surface area contributed by atoms with Gasteiger partial charge in [-0.25, -0.2) is 0 Å². The smallest absolute Gasteiger partial charge is 0.311 e. The molecule has 1 rings (SSSR count). The first kappa shape index (κ1) is 14.5. The second-order valence-electron chi connectivity index (χ2n) is 5.76. The van der Waals surface area contributed by atoms with Gasteiger partial charge in [0.15, 0.2) is 0 Å². The zero-order chi connectivity index (χ0) is 13.1. The van der Waals surface area contributed by atoms with Gasteiger partial charge < -0.3 is 14.6 Å². The Hall–Kier alpha value is -0.610. The normalized spacial score (nSPS) is 21.9. The minimum absolute atomic E-state index is 0.145. The third kappa shape index (κ3) is 4.64. The van der Waals surface area contributed by atoms with Crippen LogP contribution in [0.15, 0.2) is 0 Å². The molecule has 0 spiro atoms. The second kappa shape index (κ2) is 5.83. The maximum atomic E-state index is 11.8. The monoisotopic (exact) mass is 244 g/mol. The summed E-state index contributed by atoms with van der Waals surface area (Å²) in [4.78, 5) is 11.8. The minimum Gasteiger partial charge on any atom is -0.460 e. The molecule has 0 aromatic carbocycles. The van der Waals surface area contributed by atoms with Crippen LogP contribution in [-0.2, 0) is 14.3 Å². The largest absolute Gasteiger partial charge is 0.460 e. The van der Waals surface area contributed by atoms with E-state index in [-0.39, 0.29) is 11.9 Å². The Morgan fingerprint density at radius 2 is 1.88 bits per heavy atom. The number of ether oxygens (including phenoxy) is 2. The fourth-order valence-corrected chi connectivity index (χ4v) is 2.00. The van der Waals surface area contributed by atoms with E-state index in [4.69, 9.17) is 9.47 Å². The van der Waals surface area contributed by atoms with E-state index >= 15 is 0 Å². The van der Waals surface area contributed by atoms with Gasteiger partial charge in [0.05, 0.1) is 12.0 Å². The van der Waals surface area contributed by atoms with E-state index in [1.165, 1.54) is 0 Å². The molecule has 100 valence electrons. The van der Waals surface area contributed by atoms with Crippen LogP contribution < -0.4 is 0 Å². The molecule has 0 aliphatic carbocycles. The summed E-state index contributed by atoms with van der Waals surface area (Å²) in [7, 11) is 0. The molecular formula is C13H24O4. The van der Waals surface area contributed by atoms with Gasteiger partial charge in [0, 0.05) is 13.2 Å². The van der Waals surface area contributed by atoms with Crippen molar-refractivity contribution in [1.29, 1.82) is 0 Å². The maximum absolute atomic E-state index is 11.8. The molecule has 4 nitrogen and oxygen atoms in total. The minimum atomic E-state index is -0.631. The van der Waals surface area contributed by atoms with Crippen molar-refractivity contribution in [2.24, 2.45) is 11.8 Å². The van der Waals surface area contributed by atoms with Crippen LogP contribution >= 0.6 is 0 Å². The lowest BCUT2D eigenvalue weighted by Crippen LogP contribution is -2.38. The predicted molar refractivity (Wildman–Crippen MR) is 64.6 cm³/mol. The zero-order valence-corrected chi connectivity index (χ0v) is 11.2. The van der Waals surface area contributed by atoms with E-state index in [0.717, 1.165) is 12.8 Å². The van der Waals surface area contributed by atoms with Crippen molar-refractivity contribution in [2.45, 2.75) is 52.2 Å². The first-order valence-corrected chi connectivity index (χ1v) is 6.30. The van der Waals surface area contributed by atoms with Crippen LogP contribution in [0.5, 0.6) is 0 Å². The van der Waals surface area contributed by atoms with Gasteiger partial charge >= 0.3 is 5.97 Å². The average molecular weight is 244 g/mol. The summed E-state index contributed by atoms with van der Waals surface area (Å²) in [6.07, 6.45) is 0.997. The zero-order valence-electron chi connectivity index (χ0n) is 11.2. The fourth-order valence-electron chi connectivity index (χ4n) is 2.00. The number of aliphatic hydroxyl groups is 1. The number of hydrogen-bond acceptors (Lipinski definition) is 4. The Morgan fingerprint density at radius 1 is 1.35 bits per heavy atom. The highest BCUT2D eigenvalue weighted by molar-refractivity contribution is 5.73. The van der Waals surface area contributed by atoms with Gasteiger partial charge in [-0.1, -0.05) is 0 Å². The highest BCUT2D eigenvalue weighted by atomic mass is 16.6. The molecule has 0 radical (unpaired) electrons. The molecule has 0 bridgehead atoms. The maximum Gasteiger partial charge on any atom is 0.311 e. The van der Waals surface area contributed by atoms with Gasteiger partial charge in [-0.2, -0.15) is 0 Å². The topological polar surface area (TPSA) is 55.8 Å². The van der Waals surface area contributed by atoms with Crippen LogP contribution in [0, 0.1) is 11.8 Å². The van der Waals surface area contributed by atoms with Crippen molar-refractivity contribution >= 4 is 5.97 Å².